The first-order valence-corrected chi connectivity index (χ1v) is 8.96. The van der Waals surface area contributed by atoms with Crippen molar-refractivity contribution in [3.63, 3.8) is 0 Å². The van der Waals surface area contributed by atoms with Crippen LogP contribution < -0.4 is 5.43 Å². The fraction of sp³-hybridized carbons (Fsp3) is 0.0526. The molecule has 3 nitrogen and oxygen atoms in total. The number of hydrazone groups is 1. The van der Waals surface area contributed by atoms with Gasteiger partial charge in [0.25, 0.3) is 0 Å². The first kappa shape index (κ1) is 16.9. The fourth-order valence-corrected chi connectivity index (χ4v) is 3.35. The second kappa shape index (κ2) is 7.73. The number of amides is 1. The van der Waals surface area contributed by atoms with Gasteiger partial charge < -0.3 is 0 Å². The summed E-state index contributed by atoms with van der Waals surface area (Å²) >= 11 is 6.95. The summed E-state index contributed by atoms with van der Waals surface area (Å²) in [5.41, 5.74) is 4.47. The first-order valence-electron chi connectivity index (χ1n) is 7.37. The Morgan fingerprint density at radius 2 is 1.79 bits per heavy atom. The van der Waals surface area contributed by atoms with E-state index in [1.807, 2.05) is 60.7 Å². The molecule has 0 atom stereocenters. The molecule has 0 bridgehead atoms. The third-order valence-electron chi connectivity index (χ3n) is 3.56. The van der Waals surface area contributed by atoms with Crippen molar-refractivity contribution in [2.45, 2.75) is 6.42 Å². The smallest absolute Gasteiger partial charge is 0.244 e. The molecular formula is C19H14Br2N2O. The Hall–Kier alpha value is -1.98. The van der Waals surface area contributed by atoms with E-state index in [4.69, 9.17) is 0 Å². The summed E-state index contributed by atoms with van der Waals surface area (Å²) in [6, 6.07) is 19.6. The highest BCUT2D eigenvalue weighted by Gasteiger charge is 2.08. The second-order valence-corrected chi connectivity index (χ2v) is 7.05. The van der Waals surface area contributed by atoms with Crippen molar-refractivity contribution in [2.24, 2.45) is 5.10 Å². The minimum Gasteiger partial charge on any atom is -0.273 e. The van der Waals surface area contributed by atoms with Gasteiger partial charge in [0.1, 0.15) is 0 Å². The van der Waals surface area contributed by atoms with Crippen molar-refractivity contribution in [3.8, 4) is 0 Å². The van der Waals surface area contributed by atoms with Crippen LogP contribution in [-0.4, -0.2) is 12.1 Å². The molecule has 0 aliphatic rings. The van der Waals surface area contributed by atoms with Crippen LogP contribution in [0, 0.1) is 0 Å². The SMILES string of the molecule is O=C(Cc1ccc(Br)c2ccccc12)N/N=C/c1cccc(Br)c1. The molecule has 0 saturated carbocycles. The summed E-state index contributed by atoms with van der Waals surface area (Å²) in [5, 5.41) is 6.19. The lowest BCUT2D eigenvalue weighted by Gasteiger charge is -2.07. The first-order chi connectivity index (χ1) is 11.6. The highest BCUT2D eigenvalue weighted by atomic mass is 79.9. The van der Waals surface area contributed by atoms with Crippen molar-refractivity contribution in [1.82, 2.24) is 5.43 Å². The Balaban J connectivity index is 1.70. The van der Waals surface area contributed by atoms with Gasteiger partial charge in [-0.15, -0.1) is 0 Å². The van der Waals surface area contributed by atoms with E-state index in [-0.39, 0.29) is 12.3 Å². The quantitative estimate of drug-likeness (QED) is 0.442. The van der Waals surface area contributed by atoms with E-state index in [0.29, 0.717) is 0 Å². The van der Waals surface area contributed by atoms with Crippen LogP contribution in [0.15, 0.2) is 74.7 Å². The summed E-state index contributed by atoms with van der Waals surface area (Å²) in [6.07, 6.45) is 1.91. The molecule has 1 amide bonds. The molecule has 0 aliphatic carbocycles. The molecule has 0 spiro atoms. The molecule has 3 aromatic rings. The molecule has 5 heteroatoms. The van der Waals surface area contributed by atoms with Gasteiger partial charge in [-0.25, -0.2) is 5.43 Å². The Morgan fingerprint density at radius 3 is 2.58 bits per heavy atom. The van der Waals surface area contributed by atoms with E-state index in [2.05, 4.69) is 42.4 Å². The number of carbonyl (C=O) groups excluding carboxylic acids is 1. The summed E-state index contributed by atoms with van der Waals surface area (Å²) in [6.45, 7) is 0. The Bertz CT molecular complexity index is 922. The number of benzene rings is 3. The van der Waals surface area contributed by atoms with Crippen LogP contribution >= 0.6 is 31.9 Å². The Morgan fingerprint density at radius 1 is 1.00 bits per heavy atom. The third kappa shape index (κ3) is 4.10. The number of halogens is 2. The lowest BCUT2D eigenvalue weighted by atomic mass is 10.0. The largest absolute Gasteiger partial charge is 0.273 e. The van der Waals surface area contributed by atoms with Crippen LogP contribution in [0.3, 0.4) is 0 Å². The average molecular weight is 446 g/mol. The van der Waals surface area contributed by atoms with E-state index in [0.717, 1.165) is 30.8 Å². The third-order valence-corrected chi connectivity index (χ3v) is 4.75. The number of hydrogen-bond donors (Lipinski definition) is 1. The lowest BCUT2D eigenvalue weighted by Crippen LogP contribution is -2.19. The number of rotatable bonds is 4. The number of carbonyl (C=O) groups is 1. The van der Waals surface area contributed by atoms with Gasteiger partial charge in [0.05, 0.1) is 12.6 Å². The van der Waals surface area contributed by atoms with Crippen LogP contribution in [0.5, 0.6) is 0 Å². The van der Waals surface area contributed by atoms with E-state index >= 15 is 0 Å². The molecule has 0 heterocycles. The summed E-state index contributed by atoms with van der Waals surface area (Å²) in [7, 11) is 0. The zero-order chi connectivity index (χ0) is 16.9. The van der Waals surface area contributed by atoms with Crippen LogP contribution in [0.1, 0.15) is 11.1 Å². The van der Waals surface area contributed by atoms with Crippen molar-refractivity contribution in [2.75, 3.05) is 0 Å². The summed E-state index contributed by atoms with van der Waals surface area (Å²) in [5.74, 6) is -0.145. The molecule has 24 heavy (non-hydrogen) atoms. The fourth-order valence-electron chi connectivity index (χ4n) is 2.46. The van der Waals surface area contributed by atoms with E-state index < -0.39 is 0 Å². The van der Waals surface area contributed by atoms with Crippen molar-refractivity contribution < 1.29 is 4.79 Å². The Labute approximate surface area is 157 Å². The molecule has 120 valence electrons. The lowest BCUT2D eigenvalue weighted by molar-refractivity contribution is -0.120. The monoisotopic (exact) mass is 444 g/mol. The average Bonchev–Trinajstić information content (AvgIpc) is 2.58. The number of nitrogens with zero attached hydrogens (tertiary/aromatic N) is 1. The maximum Gasteiger partial charge on any atom is 0.244 e. The van der Waals surface area contributed by atoms with Crippen LogP contribution in [0.2, 0.25) is 0 Å². The molecule has 0 aliphatic heterocycles. The normalized spacial score (nSPS) is 11.1. The number of fused-ring (bicyclic) bond motifs is 1. The minimum absolute atomic E-state index is 0.145. The van der Waals surface area contributed by atoms with Gasteiger partial charge in [-0.2, -0.15) is 5.10 Å². The molecule has 1 N–H and O–H groups in total. The standard InChI is InChI=1S/C19H14Br2N2O/c20-15-5-3-4-13(10-15)12-22-23-19(24)11-14-8-9-18(21)17-7-2-1-6-16(14)17/h1-10,12H,11H2,(H,23,24)/b22-12+. The molecule has 3 rings (SSSR count). The molecule has 3 aromatic carbocycles. The molecule has 0 fully saturated rings. The van der Waals surface area contributed by atoms with Gasteiger partial charge in [-0.1, -0.05) is 74.3 Å². The predicted molar refractivity (Wildman–Crippen MR) is 105 cm³/mol. The van der Waals surface area contributed by atoms with Gasteiger partial charge in [-0.3, -0.25) is 4.79 Å². The van der Waals surface area contributed by atoms with Crippen LogP contribution in [0.4, 0.5) is 0 Å². The van der Waals surface area contributed by atoms with Gasteiger partial charge >= 0.3 is 0 Å². The van der Waals surface area contributed by atoms with Gasteiger partial charge in [0.15, 0.2) is 0 Å². The summed E-state index contributed by atoms with van der Waals surface area (Å²) < 4.78 is 1.99. The van der Waals surface area contributed by atoms with Gasteiger partial charge in [-0.05, 0) is 40.1 Å². The topological polar surface area (TPSA) is 41.5 Å². The number of hydrogen-bond acceptors (Lipinski definition) is 2. The Kier molecular flexibility index (Phi) is 5.43. The zero-order valence-corrected chi connectivity index (χ0v) is 15.8. The zero-order valence-electron chi connectivity index (χ0n) is 12.7. The predicted octanol–water partition coefficient (Wildman–Crippen LogP) is 5.06. The van der Waals surface area contributed by atoms with Crippen LogP contribution in [0.25, 0.3) is 10.8 Å². The van der Waals surface area contributed by atoms with Gasteiger partial charge in [0, 0.05) is 8.95 Å². The molecule has 0 saturated heterocycles. The maximum absolute atomic E-state index is 12.2. The maximum atomic E-state index is 12.2. The van der Waals surface area contributed by atoms with E-state index in [1.54, 1.807) is 6.21 Å². The summed E-state index contributed by atoms with van der Waals surface area (Å²) in [4.78, 5) is 12.2. The molecule has 0 radical (unpaired) electrons. The van der Waals surface area contributed by atoms with Crippen molar-refractivity contribution in [1.29, 1.82) is 0 Å². The molecule has 0 unspecified atom stereocenters. The van der Waals surface area contributed by atoms with Crippen molar-refractivity contribution >= 4 is 54.8 Å². The van der Waals surface area contributed by atoms with Crippen molar-refractivity contribution in [3.05, 3.63) is 80.7 Å². The second-order valence-electron chi connectivity index (χ2n) is 5.28. The van der Waals surface area contributed by atoms with Gasteiger partial charge in [0.2, 0.25) is 5.91 Å². The number of nitrogens with one attached hydrogen (secondary N) is 1. The van der Waals surface area contributed by atoms with E-state index in [1.165, 1.54) is 0 Å². The highest BCUT2D eigenvalue weighted by molar-refractivity contribution is 9.11. The minimum atomic E-state index is -0.145. The van der Waals surface area contributed by atoms with E-state index in [9.17, 15) is 4.79 Å². The molecular weight excluding hydrogens is 432 g/mol. The highest BCUT2D eigenvalue weighted by Crippen LogP contribution is 2.27. The van der Waals surface area contributed by atoms with Crippen LogP contribution in [-0.2, 0) is 11.2 Å². The molecule has 0 aromatic heterocycles.